The van der Waals surface area contributed by atoms with Crippen molar-refractivity contribution in [1.29, 1.82) is 0 Å². The van der Waals surface area contributed by atoms with Gasteiger partial charge in [0.1, 0.15) is 24.1 Å². The third-order valence-electron chi connectivity index (χ3n) is 4.93. The van der Waals surface area contributed by atoms with Gasteiger partial charge < -0.3 is 9.64 Å². The highest BCUT2D eigenvalue weighted by atomic mass is 16.5. The second-order valence-electron chi connectivity index (χ2n) is 6.27. The van der Waals surface area contributed by atoms with Crippen molar-refractivity contribution in [1.82, 2.24) is 4.90 Å². The highest BCUT2D eigenvalue weighted by Crippen LogP contribution is 2.46. The number of hydrogen-bond acceptors (Lipinski definition) is 4. The van der Waals surface area contributed by atoms with Crippen LogP contribution in [0.2, 0.25) is 0 Å². The summed E-state index contributed by atoms with van der Waals surface area (Å²) < 4.78 is 5.78. The Hall–Kier alpha value is -1.84. The van der Waals surface area contributed by atoms with Crippen molar-refractivity contribution >= 4 is 11.6 Å². The van der Waals surface area contributed by atoms with Gasteiger partial charge in [-0.1, -0.05) is 6.08 Å². The fraction of sp³-hybridized carbons (Fsp3) is 0.529. The number of fused-ring (bicyclic) bond motifs is 1. The molecule has 3 heterocycles. The maximum absolute atomic E-state index is 12.1. The van der Waals surface area contributed by atoms with E-state index in [1.54, 1.807) is 0 Å². The van der Waals surface area contributed by atoms with E-state index in [1.165, 1.54) is 23.8 Å². The molecular formula is C17H19NO3. The van der Waals surface area contributed by atoms with Gasteiger partial charge in [-0.2, -0.15) is 0 Å². The zero-order chi connectivity index (χ0) is 14.6. The summed E-state index contributed by atoms with van der Waals surface area (Å²) in [7, 11) is 0. The Labute approximate surface area is 124 Å². The molecule has 1 aliphatic carbocycles. The molecule has 21 heavy (non-hydrogen) atoms. The van der Waals surface area contributed by atoms with E-state index in [2.05, 4.69) is 11.0 Å². The van der Waals surface area contributed by atoms with Gasteiger partial charge in [0.05, 0.1) is 0 Å². The minimum absolute atomic E-state index is 0.0406. The minimum atomic E-state index is -0.582. The van der Waals surface area contributed by atoms with E-state index >= 15 is 0 Å². The number of carbonyl (C=O) groups excluding carboxylic acids is 2. The molecular weight excluding hydrogens is 266 g/mol. The first-order valence-electron chi connectivity index (χ1n) is 7.73. The SMILES string of the molecule is CC(=O)C1C(=O)COC2=C1CC1=CCCN3CCCC2=C13. The van der Waals surface area contributed by atoms with Crippen molar-refractivity contribution in [3.05, 3.63) is 34.3 Å². The van der Waals surface area contributed by atoms with Crippen LogP contribution in [0.15, 0.2) is 34.3 Å². The molecule has 0 aromatic carbocycles. The van der Waals surface area contributed by atoms with Gasteiger partial charge in [0.25, 0.3) is 0 Å². The van der Waals surface area contributed by atoms with Gasteiger partial charge in [-0.05, 0) is 37.3 Å². The first kappa shape index (κ1) is 12.9. The maximum atomic E-state index is 12.1. The van der Waals surface area contributed by atoms with E-state index in [9.17, 15) is 9.59 Å². The molecule has 0 bridgehead atoms. The number of ether oxygens (including phenoxy) is 1. The second kappa shape index (κ2) is 4.58. The average molecular weight is 285 g/mol. The van der Waals surface area contributed by atoms with Crippen LogP contribution in [0.4, 0.5) is 0 Å². The molecule has 0 amide bonds. The second-order valence-corrected chi connectivity index (χ2v) is 6.27. The highest BCUT2D eigenvalue weighted by Gasteiger charge is 2.41. The summed E-state index contributed by atoms with van der Waals surface area (Å²) in [6, 6.07) is 0. The molecule has 3 aliphatic heterocycles. The average Bonchev–Trinajstić information content (AvgIpc) is 2.47. The molecule has 0 aromatic rings. The zero-order valence-electron chi connectivity index (χ0n) is 12.3. The molecule has 1 unspecified atom stereocenters. The summed E-state index contributed by atoms with van der Waals surface area (Å²) >= 11 is 0. The largest absolute Gasteiger partial charge is 0.485 e. The monoisotopic (exact) mass is 285 g/mol. The first-order valence-corrected chi connectivity index (χ1v) is 7.73. The fourth-order valence-electron chi connectivity index (χ4n) is 4.14. The Morgan fingerprint density at radius 3 is 3.05 bits per heavy atom. The van der Waals surface area contributed by atoms with Gasteiger partial charge in [-0.25, -0.2) is 0 Å². The molecule has 1 atom stereocenters. The quantitative estimate of drug-likeness (QED) is 0.692. The van der Waals surface area contributed by atoms with Crippen molar-refractivity contribution in [3.8, 4) is 0 Å². The number of allylic oxidation sites excluding steroid dienone is 3. The predicted octanol–water partition coefficient (Wildman–Crippen LogP) is 2.13. The Balaban J connectivity index is 1.89. The van der Waals surface area contributed by atoms with Gasteiger partial charge in [-0.15, -0.1) is 0 Å². The highest BCUT2D eigenvalue weighted by molar-refractivity contribution is 6.06. The third kappa shape index (κ3) is 1.81. The predicted molar refractivity (Wildman–Crippen MR) is 77.3 cm³/mol. The summed E-state index contributed by atoms with van der Waals surface area (Å²) in [5.41, 5.74) is 4.75. The van der Waals surface area contributed by atoms with Crippen molar-refractivity contribution in [2.45, 2.75) is 32.6 Å². The third-order valence-corrected chi connectivity index (χ3v) is 4.93. The molecule has 0 spiro atoms. The Bertz CT molecular complexity index is 638. The topological polar surface area (TPSA) is 46.6 Å². The smallest absolute Gasteiger partial charge is 0.184 e. The van der Waals surface area contributed by atoms with E-state index < -0.39 is 5.92 Å². The van der Waals surface area contributed by atoms with Crippen LogP contribution in [-0.2, 0) is 14.3 Å². The lowest BCUT2D eigenvalue weighted by atomic mass is 9.76. The number of nitrogens with zero attached hydrogens (tertiary/aromatic N) is 1. The molecule has 4 nitrogen and oxygen atoms in total. The van der Waals surface area contributed by atoms with E-state index in [0.717, 1.165) is 43.7 Å². The normalized spacial score (nSPS) is 27.9. The summed E-state index contributed by atoms with van der Waals surface area (Å²) in [5, 5.41) is 0. The molecule has 4 heteroatoms. The fourth-order valence-corrected chi connectivity index (χ4v) is 4.14. The van der Waals surface area contributed by atoms with Crippen LogP contribution in [0.25, 0.3) is 0 Å². The molecule has 0 N–H and O–H groups in total. The molecule has 4 rings (SSSR count). The van der Waals surface area contributed by atoms with Crippen molar-refractivity contribution < 1.29 is 14.3 Å². The summed E-state index contributed by atoms with van der Waals surface area (Å²) in [5.74, 6) is 0.132. The maximum Gasteiger partial charge on any atom is 0.184 e. The van der Waals surface area contributed by atoms with Crippen molar-refractivity contribution in [3.63, 3.8) is 0 Å². The lowest BCUT2D eigenvalue weighted by molar-refractivity contribution is -0.133. The van der Waals surface area contributed by atoms with Crippen molar-refractivity contribution in [2.75, 3.05) is 19.7 Å². The van der Waals surface area contributed by atoms with Crippen LogP contribution >= 0.6 is 0 Å². The number of rotatable bonds is 1. The molecule has 4 aliphatic rings. The van der Waals surface area contributed by atoms with Gasteiger partial charge in [0, 0.05) is 30.8 Å². The summed E-state index contributed by atoms with van der Waals surface area (Å²) in [6.45, 7) is 3.73. The van der Waals surface area contributed by atoms with E-state index in [-0.39, 0.29) is 18.2 Å². The van der Waals surface area contributed by atoms with Crippen LogP contribution in [-0.4, -0.2) is 36.2 Å². The molecule has 110 valence electrons. The molecule has 0 radical (unpaired) electrons. The molecule has 0 fully saturated rings. The van der Waals surface area contributed by atoms with Crippen LogP contribution in [0, 0.1) is 5.92 Å². The Kier molecular flexibility index (Phi) is 2.81. The summed E-state index contributed by atoms with van der Waals surface area (Å²) in [4.78, 5) is 26.5. The van der Waals surface area contributed by atoms with Gasteiger partial charge >= 0.3 is 0 Å². The first-order chi connectivity index (χ1) is 10.2. The Morgan fingerprint density at radius 1 is 1.38 bits per heavy atom. The molecule has 0 saturated heterocycles. The van der Waals surface area contributed by atoms with E-state index in [1.807, 2.05) is 0 Å². The minimum Gasteiger partial charge on any atom is -0.485 e. The van der Waals surface area contributed by atoms with Gasteiger partial charge in [0.2, 0.25) is 0 Å². The number of ketones is 2. The van der Waals surface area contributed by atoms with E-state index in [4.69, 9.17) is 4.74 Å². The van der Waals surface area contributed by atoms with Gasteiger partial charge in [0.15, 0.2) is 5.78 Å². The van der Waals surface area contributed by atoms with Gasteiger partial charge in [-0.3, -0.25) is 9.59 Å². The van der Waals surface area contributed by atoms with Crippen molar-refractivity contribution in [2.24, 2.45) is 5.92 Å². The number of Topliss-reactive ketones (excluding diaryl/α,β-unsaturated/α-hetero) is 2. The van der Waals surface area contributed by atoms with Crippen LogP contribution < -0.4 is 0 Å². The van der Waals surface area contributed by atoms with Crippen LogP contribution in [0.1, 0.15) is 32.6 Å². The summed E-state index contributed by atoms with van der Waals surface area (Å²) in [6.07, 6.45) is 6.12. The van der Waals surface area contributed by atoms with E-state index in [0.29, 0.717) is 6.42 Å². The standard InChI is InChI=1S/C17H19NO3/c1-10(19)15-13-8-11-4-2-6-18-7-3-5-12(16(11)18)17(13)21-9-14(15)20/h4,15H,2-3,5-9H2,1H3. The Morgan fingerprint density at radius 2 is 2.24 bits per heavy atom. The lowest BCUT2D eigenvalue weighted by Gasteiger charge is -2.43. The van der Waals surface area contributed by atoms with Crippen LogP contribution in [0.5, 0.6) is 0 Å². The molecule has 0 aromatic heterocycles. The van der Waals surface area contributed by atoms with Crippen LogP contribution in [0.3, 0.4) is 0 Å². The zero-order valence-corrected chi connectivity index (χ0v) is 12.3. The lowest BCUT2D eigenvalue weighted by Crippen LogP contribution is -2.40. The molecule has 0 saturated carbocycles. The number of carbonyl (C=O) groups is 2. The number of hydrogen-bond donors (Lipinski definition) is 0.